The van der Waals surface area contributed by atoms with Crippen LogP contribution in [0.1, 0.15) is 71.6 Å². The Hall–Kier alpha value is -0.513. The van der Waals surface area contributed by atoms with Crippen LogP contribution in [0.15, 0.2) is 0 Å². The van der Waals surface area contributed by atoms with E-state index >= 15 is 0 Å². The van der Waals surface area contributed by atoms with Crippen LogP contribution in [0.4, 0.5) is 4.79 Å². The summed E-state index contributed by atoms with van der Waals surface area (Å²) in [6.45, 7) is 6.32. The molecular formula is C15H32O3Si. The molecule has 1 unspecified atom stereocenters. The summed E-state index contributed by atoms with van der Waals surface area (Å²) < 4.78 is 5.11. The molecule has 0 saturated carbocycles. The maximum Gasteiger partial charge on any atom is 0.491 e. The second kappa shape index (κ2) is 11.3. The van der Waals surface area contributed by atoms with Crippen LogP contribution in [0.25, 0.3) is 0 Å². The Morgan fingerprint density at radius 3 is 1.84 bits per heavy atom. The molecule has 1 atom stereocenters. The summed E-state index contributed by atoms with van der Waals surface area (Å²) in [6.07, 6.45) is 10.7. The van der Waals surface area contributed by atoms with Crippen LogP contribution in [0.3, 0.4) is 0 Å². The third-order valence-corrected chi connectivity index (χ3v) is 7.47. The molecule has 3 nitrogen and oxygen atoms in total. The van der Waals surface area contributed by atoms with Gasteiger partial charge in [0.1, 0.15) is 0 Å². The minimum absolute atomic E-state index is 0.885. The van der Waals surface area contributed by atoms with Gasteiger partial charge in [-0.05, 0) is 18.6 Å². The smallest absolute Gasteiger partial charge is 0.489 e. The van der Waals surface area contributed by atoms with E-state index in [-0.39, 0.29) is 0 Å². The highest BCUT2D eigenvalue weighted by atomic mass is 28.4. The van der Waals surface area contributed by atoms with Gasteiger partial charge in [-0.1, -0.05) is 71.6 Å². The Bertz CT molecular complexity index is 233. The molecule has 0 rings (SSSR count). The molecule has 0 aromatic rings. The standard InChI is InChI=1S/C15H32O3Si/c1-4-6-7-8-9-10-11-12-13-14-19(3,5-2)18-15(16)17/h4-14H2,1-3H3,(H,16,17). The largest absolute Gasteiger partial charge is 0.491 e. The lowest BCUT2D eigenvalue weighted by Gasteiger charge is -2.23. The van der Waals surface area contributed by atoms with Gasteiger partial charge >= 0.3 is 6.16 Å². The molecule has 0 radical (unpaired) electrons. The van der Waals surface area contributed by atoms with Gasteiger partial charge in [-0.25, -0.2) is 4.79 Å². The van der Waals surface area contributed by atoms with Gasteiger partial charge in [0.05, 0.1) is 0 Å². The van der Waals surface area contributed by atoms with Gasteiger partial charge in [0.15, 0.2) is 0 Å². The summed E-state index contributed by atoms with van der Waals surface area (Å²) in [5, 5.41) is 8.74. The second-order valence-corrected chi connectivity index (χ2v) is 10.1. The monoisotopic (exact) mass is 288 g/mol. The molecule has 0 aliphatic carbocycles. The number of hydrogen-bond acceptors (Lipinski definition) is 2. The van der Waals surface area contributed by atoms with Gasteiger partial charge in [-0.2, -0.15) is 0 Å². The fourth-order valence-corrected chi connectivity index (χ4v) is 4.34. The molecule has 0 aliphatic rings. The van der Waals surface area contributed by atoms with Crippen LogP contribution in [-0.4, -0.2) is 19.6 Å². The third kappa shape index (κ3) is 11.0. The summed E-state index contributed by atoms with van der Waals surface area (Å²) in [4.78, 5) is 10.6. The maximum atomic E-state index is 10.6. The molecule has 0 bridgehead atoms. The highest BCUT2D eigenvalue weighted by Crippen LogP contribution is 2.21. The second-order valence-electron chi connectivity index (χ2n) is 5.75. The van der Waals surface area contributed by atoms with Crippen LogP contribution in [-0.2, 0) is 4.43 Å². The minimum Gasteiger partial charge on any atom is -0.489 e. The molecular weight excluding hydrogens is 256 g/mol. The lowest BCUT2D eigenvalue weighted by Crippen LogP contribution is -2.35. The van der Waals surface area contributed by atoms with Crippen molar-refractivity contribution in [3.05, 3.63) is 0 Å². The van der Waals surface area contributed by atoms with Crippen molar-refractivity contribution in [1.29, 1.82) is 0 Å². The Morgan fingerprint density at radius 2 is 1.42 bits per heavy atom. The van der Waals surface area contributed by atoms with E-state index in [1.54, 1.807) is 0 Å². The van der Waals surface area contributed by atoms with E-state index < -0.39 is 14.5 Å². The zero-order valence-corrected chi connectivity index (χ0v) is 14.0. The van der Waals surface area contributed by atoms with E-state index in [0.29, 0.717) is 0 Å². The van der Waals surface area contributed by atoms with Crippen LogP contribution >= 0.6 is 0 Å². The zero-order valence-electron chi connectivity index (χ0n) is 13.0. The molecule has 1 N–H and O–H groups in total. The van der Waals surface area contributed by atoms with Crippen LogP contribution < -0.4 is 0 Å². The van der Waals surface area contributed by atoms with E-state index in [1.165, 1.54) is 51.4 Å². The molecule has 0 aromatic heterocycles. The molecule has 0 saturated heterocycles. The van der Waals surface area contributed by atoms with Crippen molar-refractivity contribution >= 4 is 14.5 Å². The van der Waals surface area contributed by atoms with E-state index in [9.17, 15) is 4.79 Å². The molecule has 19 heavy (non-hydrogen) atoms. The number of hydrogen-bond donors (Lipinski definition) is 1. The molecule has 4 heteroatoms. The van der Waals surface area contributed by atoms with Crippen molar-refractivity contribution in [3.63, 3.8) is 0 Å². The van der Waals surface area contributed by atoms with E-state index in [0.717, 1.165) is 18.5 Å². The zero-order chi connectivity index (χ0) is 14.6. The Labute approximate surface area is 119 Å². The van der Waals surface area contributed by atoms with E-state index in [1.807, 2.05) is 13.5 Å². The fourth-order valence-electron chi connectivity index (χ4n) is 2.32. The molecule has 0 aliphatic heterocycles. The highest BCUT2D eigenvalue weighted by molar-refractivity contribution is 6.73. The van der Waals surface area contributed by atoms with Crippen LogP contribution in [0, 0.1) is 0 Å². The number of carbonyl (C=O) groups is 1. The molecule has 114 valence electrons. The topological polar surface area (TPSA) is 46.5 Å². The fraction of sp³-hybridized carbons (Fsp3) is 0.933. The quantitative estimate of drug-likeness (QED) is 0.364. The van der Waals surface area contributed by atoms with Crippen LogP contribution in [0.2, 0.25) is 18.6 Å². The SMILES string of the molecule is CCCCCCCCCCC[Si](C)(CC)OC(=O)O. The Kier molecular flexibility index (Phi) is 11.0. The van der Waals surface area contributed by atoms with Gasteiger partial charge in [-0.15, -0.1) is 0 Å². The maximum absolute atomic E-state index is 10.6. The van der Waals surface area contributed by atoms with Crippen molar-refractivity contribution in [2.75, 3.05) is 0 Å². The first-order valence-electron chi connectivity index (χ1n) is 7.96. The summed E-state index contributed by atoms with van der Waals surface area (Å²) >= 11 is 0. The normalized spacial score (nSPS) is 14.1. The predicted octanol–water partition coefficient (Wildman–Crippen LogP) is 5.81. The summed E-state index contributed by atoms with van der Waals surface area (Å²) in [6, 6.07) is 1.86. The highest BCUT2D eigenvalue weighted by Gasteiger charge is 2.30. The van der Waals surface area contributed by atoms with Crippen molar-refractivity contribution in [2.24, 2.45) is 0 Å². The third-order valence-electron chi connectivity index (χ3n) is 3.89. The first-order valence-corrected chi connectivity index (χ1v) is 10.8. The lowest BCUT2D eigenvalue weighted by atomic mass is 10.1. The van der Waals surface area contributed by atoms with Crippen molar-refractivity contribution in [1.82, 2.24) is 0 Å². The van der Waals surface area contributed by atoms with Gasteiger partial charge in [0.25, 0.3) is 8.32 Å². The molecule has 0 fully saturated rings. The Balaban J connectivity index is 3.48. The van der Waals surface area contributed by atoms with Gasteiger partial charge < -0.3 is 9.53 Å². The van der Waals surface area contributed by atoms with E-state index in [2.05, 4.69) is 6.92 Å². The van der Waals surface area contributed by atoms with Crippen molar-refractivity contribution in [3.8, 4) is 0 Å². The lowest BCUT2D eigenvalue weighted by molar-refractivity contribution is 0.141. The first-order chi connectivity index (χ1) is 9.04. The minimum atomic E-state index is -1.97. The molecule has 0 heterocycles. The summed E-state index contributed by atoms with van der Waals surface area (Å²) in [5.74, 6) is 0. The number of unbranched alkanes of at least 4 members (excludes halogenated alkanes) is 8. The van der Waals surface area contributed by atoms with Crippen molar-refractivity contribution in [2.45, 2.75) is 90.3 Å². The van der Waals surface area contributed by atoms with Gasteiger partial charge in [0, 0.05) is 0 Å². The molecule has 0 amide bonds. The van der Waals surface area contributed by atoms with E-state index in [4.69, 9.17) is 9.53 Å². The van der Waals surface area contributed by atoms with Gasteiger partial charge in [0.2, 0.25) is 0 Å². The molecule has 0 aromatic carbocycles. The first kappa shape index (κ1) is 18.5. The molecule has 0 spiro atoms. The van der Waals surface area contributed by atoms with Crippen LogP contribution in [0.5, 0.6) is 0 Å². The average Bonchev–Trinajstić information content (AvgIpc) is 2.36. The summed E-state index contributed by atoms with van der Waals surface area (Å²) in [5.41, 5.74) is 0. The van der Waals surface area contributed by atoms with Gasteiger partial charge in [-0.3, -0.25) is 0 Å². The Morgan fingerprint density at radius 1 is 0.947 bits per heavy atom. The number of carboxylic acid groups (broad SMARTS) is 1. The number of rotatable bonds is 12. The average molecular weight is 289 g/mol. The summed E-state index contributed by atoms with van der Waals surface area (Å²) in [7, 11) is -1.97. The van der Waals surface area contributed by atoms with Crippen molar-refractivity contribution < 1.29 is 14.3 Å². The predicted molar refractivity (Wildman–Crippen MR) is 83.2 cm³/mol.